The van der Waals surface area contributed by atoms with E-state index in [1.54, 1.807) is 22.9 Å². The van der Waals surface area contributed by atoms with Crippen LogP contribution in [0.2, 0.25) is 0 Å². The summed E-state index contributed by atoms with van der Waals surface area (Å²) in [5.74, 6) is -4.30. The smallest absolute Gasteiger partial charge is 0.361 e. The van der Waals surface area contributed by atoms with Gasteiger partial charge in [-0.15, -0.1) is 5.43 Å². The largest absolute Gasteiger partial charge is 0.480 e. The lowest BCUT2D eigenvalue weighted by Gasteiger charge is -2.27. The Kier molecular flexibility index (Phi) is 12.6. The van der Waals surface area contributed by atoms with Crippen molar-refractivity contribution >= 4 is 54.9 Å². The highest BCUT2D eigenvalue weighted by atomic mass is 32.2. The molecule has 0 aliphatic rings. The molecule has 1 aromatic heterocycles. The van der Waals surface area contributed by atoms with Crippen LogP contribution in [0.5, 0.6) is 0 Å². The summed E-state index contributed by atoms with van der Waals surface area (Å²) in [6, 6.07) is 15.7. The van der Waals surface area contributed by atoms with Gasteiger partial charge in [0.15, 0.2) is 0 Å². The number of fused-ring (bicyclic) bond motifs is 1. The number of ether oxygens (including phenoxy) is 1. The predicted molar refractivity (Wildman–Crippen MR) is 172 cm³/mol. The second kappa shape index (κ2) is 15.9. The van der Waals surface area contributed by atoms with Crippen molar-refractivity contribution in [1.29, 1.82) is 0 Å². The minimum absolute atomic E-state index is 0.00452. The van der Waals surface area contributed by atoms with Crippen molar-refractivity contribution in [3.8, 4) is 0 Å². The minimum atomic E-state index is -2.00. The van der Waals surface area contributed by atoms with Gasteiger partial charge >= 0.3 is 26.3 Å². The first-order chi connectivity index (χ1) is 21.3. The Bertz CT molecular complexity index is 1550. The molecule has 0 radical (unpaired) electrons. The molecule has 0 aliphatic heterocycles. The van der Waals surface area contributed by atoms with Gasteiger partial charge in [-0.05, 0) is 72.8 Å². The number of hydrogen-bond acceptors (Lipinski definition) is 8. The Balaban J connectivity index is 1.93. The predicted octanol–water partition coefficient (Wildman–Crippen LogP) is 4.38. The number of hydrogen-bond donors (Lipinski definition) is 4. The van der Waals surface area contributed by atoms with Crippen LogP contribution in [0.4, 0.5) is 0 Å². The van der Waals surface area contributed by atoms with Crippen molar-refractivity contribution < 1.29 is 43.4 Å². The van der Waals surface area contributed by atoms with Crippen molar-refractivity contribution in [2.45, 2.75) is 56.9 Å². The Labute approximate surface area is 267 Å². The lowest BCUT2D eigenvalue weighted by atomic mass is 9.90. The van der Waals surface area contributed by atoms with E-state index in [0.717, 1.165) is 17.1 Å². The fraction of sp³-hybridized carbons (Fsp3) is 0.406. The van der Waals surface area contributed by atoms with Gasteiger partial charge in [0.05, 0.1) is 18.4 Å². The molecule has 3 unspecified atom stereocenters. The maximum Gasteiger partial charge on any atom is 0.361 e. The van der Waals surface area contributed by atoms with E-state index in [1.807, 2.05) is 45.9 Å². The van der Waals surface area contributed by atoms with Crippen LogP contribution < -0.4 is 15.4 Å². The highest BCUT2D eigenvalue weighted by molar-refractivity contribution is 7.99. The van der Waals surface area contributed by atoms with Crippen molar-refractivity contribution in [2.75, 3.05) is 18.3 Å². The van der Waals surface area contributed by atoms with Gasteiger partial charge in [-0.2, -0.15) is 0 Å². The zero-order valence-corrected chi connectivity index (χ0v) is 27.7. The van der Waals surface area contributed by atoms with Gasteiger partial charge in [-0.25, -0.2) is 9.59 Å². The number of pyridine rings is 1. The molecule has 2 amide bonds. The molecule has 240 valence electrons. The molecule has 2 aromatic carbocycles. The van der Waals surface area contributed by atoms with Crippen LogP contribution in [0, 0.1) is 17.8 Å². The van der Waals surface area contributed by atoms with E-state index in [-0.39, 0.29) is 36.0 Å². The number of para-hydroxylation sites is 1. The number of amides is 2. The van der Waals surface area contributed by atoms with Gasteiger partial charge in [0, 0.05) is 23.1 Å². The molecule has 13 heteroatoms. The van der Waals surface area contributed by atoms with Gasteiger partial charge in [0.2, 0.25) is 11.4 Å². The number of aliphatic carboxylic acids is 1. The highest BCUT2D eigenvalue weighted by Gasteiger charge is 2.50. The zero-order chi connectivity index (χ0) is 33.3. The lowest BCUT2D eigenvalue weighted by Crippen LogP contribution is -2.52. The Morgan fingerprint density at radius 1 is 0.933 bits per heavy atom. The van der Waals surface area contributed by atoms with E-state index in [2.05, 4.69) is 10.7 Å². The first kappa shape index (κ1) is 35.6. The number of aromatic nitrogens is 1. The number of carbonyl (C=O) groups is 4. The first-order valence-electron chi connectivity index (χ1n) is 14.5. The number of carbonyl (C=O) groups excluding carboxylic acids is 3. The third-order valence-electron chi connectivity index (χ3n) is 7.12. The number of carboxylic acids is 1. The molecule has 11 nitrogen and oxygen atoms in total. The maximum atomic E-state index is 13.5. The SMILES string of the molecule is COC(=O)c1ccc(C(=O)N[n+]2c(SCC(O)([PH+]=O)C(CC(C)C)C(=O)N[C@@H](CC(C)C)C(=O)O)ccc3ccccc32)cc1. The Morgan fingerprint density at radius 2 is 1.56 bits per heavy atom. The third-order valence-corrected chi connectivity index (χ3v) is 9.46. The summed E-state index contributed by atoms with van der Waals surface area (Å²) in [6.07, 6.45) is 0.368. The number of aliphatic hydroxyl groups is 1. The van der Waals surface area contributed by atoms with Crippen LogP contribution in [0.15, 0.2) is 65.7 Å². The van der Waals surface area contributed by atoms with Crippen LogP contribution in [0.3, 0.4) is 0 Å². The van der Waals surface area contributed by atoms with E-state index >= 15 is 0 Å². The van der Waals surface area contributed by atoms with Gasteiger partial charge < -0.3 is 20.3 Å². The van der Waals surface area contributed by atoms with Crippen LogP contribution in [0.25, 0.3) is 10.9 Å². The summed E-state index contributed by atoms with van der Waals surface area (Å²) in [4.78, 5) is 50.4. The van der Waals surface area contributed by atoms with Crippen molar-refractivity contribution in [2.24, 2.45) is 17.8 Å². The van der Waals surface area contributed by atoms with Crippen LogP contribution >= 0.6 is 20.2 Å². The second-order valence-corrected chi connectivity index (χ2v) is 13.7. The van der Waals surface area contributed by atoms with Crippen molar-refractivity contribution in [3.63, 3.8) is 0 Å². The number of esters is 1. The molecule has 0 saturated carbocycles. The second-order valence-electron chi connectivity index (χ2n) is 11.6. The summed E-state index contributed by atoms with van der Waals surface area (Å²) in [7, 11) is -0.0281. The summed E-state index contributed by atoms with van der Waals surface area (Å²) in [5, 5.41) is 23.2. The molecule has 0 aliphatic carbocycles. The van der Waals surface area contributed by atoms with Gasteiger partial charge in [-0.1, -0.05) is 49.1 Å². The number of thioether (sulfide) groups is 1. The summed E-state index contributed by atoms with van der Waals surface area (Å²) in [6.45, 7) is 7.40. The van der Waals surface area contributed by atoms with Crippen LogP contribution in [0.1, 0.15) is 61.3 Å². The van der Waals surface area contributed by atoms with E-state index in [0.29, 0.717) is 16.1 Å². The summed E-state index contributed by atoms with van der Waals surface area (Å²) in [5.41, 5.74) is 4.08. The average molecular weight is 658 g/mol. The number of benzene rings is 2. The first-order valence-corrected chi connectivity index (χ1v) is 16.4. The molecule has 0 saturated heterocycles. The molecular formula is C32H40N3O8PS+2. The molecule has 4 atom stereocenters. The normalized spacial score (nSPS) is 14.1. The average Bonchev–Trinajstić information content (AvgIpc) is 3.01. The van der Waals surface area contributed by atoms with Gasteiger partial charge in [-0.3, -0.25) is 9.59 Å². The van der Waals surface area contributed by atoms with Gasteiger partial charge in [0.1, 0.15) is 12.0 Å². The van der Waals surface area contributed by atoms with E-state index in [1.165, 1.54) is 31.4 Å². The highest BCUT2D eigenvalue weighted by Crippen LogP contribution is 2.38. The van der Waals surface area contributed by atoms with E-state index < -0.39 is 49.5 Å². The summed E-state index contributed by atoms with van der Waals surface area (Å²) >= 11 is 1.10. The van der Waals surface area contributed by atoms with E-state index in [4.69, 9.17) is 4.74 Å². The molecular weight excluding hydrogens is 617 g/mol. The van der Waals surface area contributed by atoms with Crippen LogP contribution in [-0.4, -0.2) is 58.2 Å². The van der Waals surface area contributed by atoms with Gasteiger partial charge in [0.25, 0.3) is 10.4 Å². The molecule has 3 rings (SSSR count). The number of nitrogens with one attached hydrogen (secondary N) is 2. The van der Waals surface area contributed by atoms with Crippen molar-refractivity contribution in [1.82, 2.24) is 5.32 Å². The minimum Gasteiger partial charge on any atom is -0.480 e. The quantitative estimate of drug-likeness (QED) is 0.0804. The number of methoxy groups -OCH3 is 1. The van der Waals surface area contributed by atoms with E-state index in [9.17, 15) is 34.0 Å². The lowest BCUT2D eigenvalue weighted by molar-refractivity contribution is -0.653. The molecule has 0 bridgehead atoms. The maximum absolute atomic E-state index is 13.5. The molecule has 1 heterocycles. The molecule has 0 spiro atoms. The Hall–Kier alpha value is -3.86. The third kappa shape index (κ3) is 9.32. The number of carboxylic acid groups (broad SMARTS) is 1. The monoisotopic (exact) mass is 657 g/mol. The topological polar surface area (TPSA) is 163 Å². The number of rotatable bonds is 15. The molecule has 45 heavy (non-hydrogen) atoms. The molecule has 4 N–H and O–H groups in total. The molecule has 0 fully saturated rings. The number of nitrogens with zero attached hydrogens (tertiary/aromatic N) is 1. The summed E-state index contributed by atoms with van der Waals surface area (Å²) < 4.78 is 18.9. The van der Waals surface area contributed by atoms with Crippen LogP contribution in [-0.2, 0) is 18.9 Å². The fourth-order valence-corrected chi connectivity index (χ4v) is 6.65. The fourth-order valence-electron chi connectivity index (χ4n) is 4.80. The standard InChI is InChI=1S/C32H38N3O8PS/c1-19(2)16-24(29(37)33-25(30(38)39)17-20(3)4)32(41,44-42)18-45-27-15-14-21-8-6-7-9-26(21)35(27)34-28(36)22-10-12-23(13-11-22)31(40)43-5/h6-15,19-20,24-25,41H,16-18H2,1-5H3,(H2-,33,34,36,37,38,39)/p+2/t24?,25-,32?/m0/s1. The van der Waals surface area contributed by atoms with Crippen molar-refractivity contribution in [3.05, 3.63) is 71.8 Å². The Morgan fingerprint density at radius 3 is 2.13 bits per heavy atom. The molecule has 3 aromatic rings. The zero-order valence-electron chi connectivity index (χ0n) is 25.9.